The number of thiophene rings is 1. The molecule has 2 aromatic heterocycles. The van der Waals surface area contributed by atoms with Crippen LogP contribution in [0.15, 0.2) is 22.7 Å². The van der Waals surface area contributed by atoms with E-state index >= 15 is 0 Å². The first-order valence-electron chi connectivity index (χ1n) is 11.8. The average Bonchev–Trinajstić information content (AvgIpc) is 3.27. The van der Waals surface area contributed by atoms with Crippen LogP contribution in [0, 0.1) is 17.8 Å². The Morgan fingerprint density at radius 2 is 1.84 bits per heavy atom. The molecule has 9 heteroatoms. The second-order valence-electron chi connectivity index (χ2n) is 10.2. The highest BCUT2D eigenvalue weighted by molar-refractivity contribution is 7.99. The number of imide groups is 1. The van der Waals surface area contributed by atoms with Gasteiger partial charge in [-0.05, 0) is 80.6 Å². The Morgan fingerprint density at radius 1 is 1.12 bits per heavy atom. The molecule has 2 N–H and O–H groups in total. The molecule has 4 bridgehead atoms. The van der Waals surface area contributed by atoms with E-state index in [9.17, 15) is 9.59 Å². The van der Waals surface area contributed by atoms with Crippen LogP contribution in [0.4, 0.5) is 4.79 Å². The van der Waals surface area contributed by atoms with Crippen molar-refractivity contribution in [2.24, 2.45) is 17.8 Å². The topological polar surface area (TPSA) is 88.9 Å². The normalized spacial score (nSPS) is 30.4. The van der Waals surface area contributed by atoms with Crippen LogP contribution in [0.1, 0.15) is 68.1 Å². The third-order valence-corrected chi connectivity index (χ3v) is 9.38. The Labute approximate surface area is 196 Å². The van der Waals surface area contributed by atoms with Crippen molar-refractivity contribution in [1.29, 1.82) is 0 Å². The molecule has 0 unspecified atom stereocenters. The zero-order chi connectivity index (χ0) is 21.7. The standard InChI is InChI=1S/C23H29N5O2S2/c29-20(24-21(30)25-23-10-14-6-15(11-23)8-16(7-14)12-23)13-32-22-27-26-19(28(22)17-3-4-17)9-18-2-1-5-31-18/h1-2,5,14-17H,3-4,6-13H2,(H2,24,25,29,30). The van der Waals surface area contributed by atoms with E-state index in [-0.39, 0.29) is 23.2 Å². The quantitative estimate of drug-likeness (QED) is 0.592. The van der Waals surface area contributed by atoms with Crippen molar-refractivity contribution in [2.45, 2.75) is 74.5 Å². The highest BCUT2D eigenvalue weighted by Crippen LogP contribution is 2.55. The second-order valence-corrected chi connectivity index (χ2v) is 12.2. The van der Waals surface area contributed by atoms with Crippen LogP contribution in [0.2, 0.25) is 0 Å². The Bertz CT molecular complexity index is 978. The van der Waals surface area contributed by atoms with Gasteiger partial charge in [0.25, 0.3) is 0 Å². The molecule has 5 fully saturated rings. The fourth-order valence-corrected chi connectivity index (χ4v) is 8.15. The zero-order valence-corrected chi connectivity index (χ0v) is 19.7. The predicted octanol–water partition coefficient (Wildman–Crippen LogP) is 4.15. The molecule has 2 aromatic rings. The van der Waals surface area contributed by atoms with Crippen molar-refractivity contribution in [3.8, 4) is 0 Å². The fraction of sp³-hybridized carbons (Fsp3) is 0.652. The van der Waals surface area contributed by atoms with E-state index in [0.29, 0.717) is 6.04 Å². The molecule has 5 aliphatic rings. The van der Waals surface area contributed by atoms with Crippen molar-refractivity contribution in [3.05, 3.63) is 28.2 Å². The molecule has 7 rings (SSSR count). The van der Waals surface area contributed by atoms with Crippen molar-refractivity contribution in [1.82, 2.24) is 25.4 Å². The molecule has 5 saturated carbocycles. The lowest BCUT2D eigenvalue weighted by atomic mass is 9.53. The largest absolute Gasteiger partial charge is 0.332 e. The van der Waals surface area contributed by atoms with Crippen molar-refractivity contribution < 1.29 is 9.59 Å². The molecule has 0 radical (unpaired) electrons. The number of nitrogens with one attached hydrogen (secondary N) is 2. The summed E-state index contributed by atoms with van der Waals surface area (Å²) in [4.78, 5) is 26.4. The lowest BCUT2D eigenvalue weighted by Gasteiger charge is -2.56. The van der Waals surface area contributed by atoms with Gasteiger partial charge in [-0.15, -0.1) is 21.5 Å². The molecule has 2 heterocycles. The second kappa shape index (κ2) is 8.17. The summed E-state index contributed by atoms with van der Waals surface area (Å²) in [5, 5.41) is 17.4. The third-order valence-electron chi connectivity index (χ3n) is 7.56. The lowest BCUT2D eigenvalue weighted by Crippen LogP contribution is -2.61. The Morgan fingerprint density at radius 3 is 2.47 bits per heavy atom. The van der Waals surface area contributed by atoms with Crippen LogP contribution in [-0.2, 0) is 11.2 Å². The van der Waals surface area contributed by atoms with Gasteiger partial charge in [0.2, 0.25) is 5.91 Å². The molecule has 0 saturated heterocycles. The molecule has 0 aromatic carbocycles. The van der Waals surface area contributed by atoms with Crippen molar-refractivity contribution in [3.63, 3.8) is 0 Å². The van der Waals surface area contributed by atoms with E-state index in [2.05, 4.69) is 36.8 Å². The van der Waals surface area contributed by atoms with Crippen LogP contribution in [0.25, 0.3) is 0 Å². The molecule has 170 valence electrons. The van der Waals surface area contributed by atoms with Gasteiger partial charge in [-0.25, -0.2) is 4.79 Å². The SMILES string of the molecule is O=C(CSc1nnc(Cc2cccs2)n1C1CC1)NC(=O)NC12CC3CC(CC(C3)C1)C2. The van der Waals surface area contributed by atoms with Crippen molar-refractivity contribution >= 4 is 35.0 Å². The maximum absolute atomic E-state index is 12.6. The monoisotopic (exact) mass is 471 g/mol. The number of urea groups is 1. The number of hydrogen-bond donors (Lipinski definition) is 2. The fourth-order valence-electron chi connectivity index (χ4n) is 6.62. The smallest absolute Gasteiger partial charge is 0.321 e. The maximum Gasteiger partial charge on any atom is 0.321 e. The number of hydrogen-bond acceptors (Lipinski definition) is 6. The first-order chi connectivity index (χ1) is 15.6. The van der Waals surface area contributed by atoms with Gasteiger partial charge in [-0.1, -0.05) is 17.8 Å². The van der Waals surface area contributed by atoms with E-state index in [0.717, 1.165) is 67.3 Å². The van der Waals surface area contributed by atoms with Gasteiger partial charge in [0, 0.05) is 22.9 Å². The molecular weight excluding hydrogens is 442 g/mol. The highest BCUT2D eigenvalue weighted by Gasteiger charge is 2.51. The first-order valence-corrected chi connectivity index (χ1v) is 13.6. The first kappa shape index (κ1) is 20.7. The lowest BCUT2D eigenvalue weighted by molar-refractivity contribution is -0.117. The Hall–Kier alpha value is -1.87. The minimum atomic E-state index is -0.334. The average molecular weight is 472 g/mol. The zero-order valence-electron chi connectivity index (χ0n) is 18.1. The van der Waals surface area contributed by atoms with Gasteiger partial charge < -0.3 is 9.88 Å². The summed E-state index contributed by atoms with van der Waals surface area (Å²) in [5.74, 6) is 3.11. The van der Waals surface area contributed by atoms with Gasteiger partial charge in [0.05, 0.1) is 5.75 Å². The van der Waals surface area contributed by atoms with Crippen LogP contribution < -0.4 is 10.6 Å². The molecular formula is C23H29N5O2S2. The molecule has 0 spiro atoms. The Kier molecular flexibility index (Phi) is 5.29. The summed E-state index contributed by atoms with van der Waals surface area (Å²) >= 11 is 3.09. The minimum absolute atomic E-state index is 0.0882. The molecule has 5 aliphatic carbocycles. The van der Waals surface area contributed by atoms with E-state index < -0.39 is 0 Å². The maximum atomic E-state index is 12.6. The molecule has 7 nitrogen and oxygen atoms in total. The summed E-state index contributed by atoms with van der Waals surface area (Å²) in [6.07, 6.45) is 10.2. The number of rotatable bonds is 7. The van der Waals surface area contributed by atoms with Crippen LogP contribution in [0.3, 0.4) is 0 Å². The van der Waals surface area contributed by atoms with E-state index in [1.54, 1.807) is 11.3 Å². The van der Waals surface area contributed by atoms with E-state index in [1.807, 2.05) is 6.07 Å². The van der Waals surface area contributed by atoms with E-state index in [4.69, 9.17) is 0 Å². The number of carbonyl (C=O) groups is 2. The minimum Gasteiger partial charge on any atom is -0.332 e. The molecule has 0 aliphatic heterocycles. The number of amides is 3. The van der Waals surface area contributed by atoms with Crippen LogP contribution in [0.5, 0.6) is 0 Å². The van der Waals surface area contributed by atoms with Gasteiger partial charge in [0.1, 0.15) is 5.82 Å². The summed E-state index contributed by atoms with van der Waals surface area (Å²) in [6.45, 7) is 0. The number of thioether (sulfide) groups is 1. The summed E-state index contributed by atoms with van der Waals surface area (Å²) in [5.41, 5.74) is -0.0882. The molecule has 0 atom stereocenters. The van der Waals surface area contributed by atoms with Gasteiger partial charge >= 0.3 is 6.03 Å². The summed E-state index contributed by atoms with van der Waals surface area (Å²) < 4.78 is 2.19. The predicted molar refractivity (Wildman–Crippen MR) is 124 cm³/mol. The summed E-state index contributed by atoms with van der Waals surface area (Å²) in [6, 6.07) is 4.26. The van der Waals surface area contributed by atoms with Gasteiger partial charge in [-0.2, -0.15) is 0 Å². The number of aromatic nitrogens is 3. The number of carbonyl (C=O) groups excluding carboxylic acids is 2. The van der Waals surface area contributed by atoms with E-state index in [1.165, 1.54) is 35.9 Å². The third kappa shape index (κ3) is 4.21. The van der Waals surface area contributed by atoms with Gasteiger partial charge in [0.15, 0.2) is 5.16 Å². The molecule has 3 amide bonds. The number of nitrogens with zero attached hydrogens (tertiary/aromatic N) is 3. The van der Waals surface area contributed by atoms with Crippen LogP contribution >= 0.6 is 23.1 Å². The molecule has 32 heavy (non-hydrogen) atoms. The summed E-state index contributed by atoms with van der Waals surface area (Å²) in [7, 11) is 0. The van der Waals surface area contributed by atoms with Crippen molar-refractivity contribution in [2.75, 3.05) is 5.75 Å². The Balaban J connectivity index is 1.04. The highest BCUT2D eigenvalue weighted by atomic mass is 32.2. The van der Waals surface area contributed by atoms with Crippen LogP contribution in [-0.4, -0.2) is 38.0 Å². The van der Waals surface area contributed by atoms with Gasteiger partial charge in [-0.3, -0.25) is 10.1 Å².